The molecule has 2 nitrogen and oxygen atoms in total. The number of hydrogen-bond acceptors (Lipinski definition) is 2. The molecule has 2 heterocycles. The SMILES string of the molecule is [B](C1CO1)C1CO1. The second-order valence-electron chi connectivity index (χ2n) is 1.94. The Morgan fingerprint density at radius 2 is 1.57 bits per heavy atom. The summed E-state index contributed by atoms with van der Waals surface area (Å²) in [6.45, 7) is 1.83. The van der Waals surface area contributed by atoms with Crippen molar-refractivity contribution in [2.75, 3.05) is 13.2 Å². The van der Waals surface area contributed by atoms with Crippen LogP contribution in [0, 0.1) is 0 Å². The summed E-state index contributed by atoms with van der Waals surface area (Å²) in [6.07, 6.45) is 0. The Morgan fingerprint density at radius 3 is 1.86 bits per heavy atom. The summed E-state index contributed by atoms with van der Waals surface area (Å²) in [6, 6.07) is 0.875. The molecule has 37 valence electrons. The van der Waals surface area contributed by atoms with Crippen LogP contribution in [0.15, 0.2) is 0 Å². The van der Waals surface area contributed by atoms with E-state index < -0.39 is 0 Å². The van der Waals surface area contributed by atoms with E-state index >= 15 is 0 Å². The molecule has 2 rings (SSSR count). The molecule has 0 saturated carbocycles. The lowest BCUT2D eigenvalue weighted by Crippen LogP contribution is -2.07. The quantitative estimate of drug-likeness (QED) is 0.339. The fourth-order valence-corrected chi connectivity index (χ4v) is 0.573. The Labute approximate surface area is 43.0 Å². The zero-order valence-corrected chi connectivity index (χ0v) is 3.96. The van der Waals surface area contributed by atoms with E-state index in [1.165, 1.54) is 0 Å². The van der Waals surface area contributed by atoms with Gasteiger partial charge in [-0.2, -0.15) is 0 Å². The minimum absolute atomic E-state index is 0.437. The van der Waals surface area contributed by atoms with Gasteiger partial charge in [0, 0.05) is 0 Å². The number of ether oxygens (including phenoxy) is 2. The van der Waals surface area contributed by atoms with Gasteiger partial charge >= 0.3 is 0 Å². The first-order chi connectivity index (χ1) is 3.45. The summed E-state index contributed by atoms with van der Waals surface area (Å²) in [5.74, 6) is 0. The predicted octanol–water partition coefficient (Wildman–Crippen LogP) is -0.597. The van der Waals surface area contributed by atoms with Crippen LogP contribution in [0.1, 0.15) is 0 Å². The van der Waals surface area contributed by atoms with E-state index in [4.69, 9.17) is 9.47 Å². The lowest BCUT2D eigenvalue weighted by molar-refractivity contribution is 0.436. The van der Waals surface area contributed by atoms with Gasteiger partial charge in [-0.05, 0) is 0 Å². The van der Waals surface area contributed by atoms with E-state index in [-0.39, 0.29) is 0 Å². The van der Waals surface area contributed by atoms with Crippen molar-refractivity contribution in [2.45, 2.75) is 12.0 Å². The zero-order chi connectivity index (χ0) is 4.69. The lowest BCUT2D eigenvalue weighted by atomic mass is 9.71. The molecular weight excluding hydrogens is 90.9 g/mol. The molecule has 2 aliphatic heterocycles. The number of epoxide rings is 2. The minimum atomic E-state index is 0.437. The molecule has 3 heteroatoms. The highest BCUT2D eigenvalue weighted by Crippen LogP contribution is 2.15. The van der Waals surface area contributed by atoms with Crippen molar-refractivity contribution >= 4 is 7.28 Å². The van der Waals surface area contributed by atoms with Crippen LogP contribution in [-0.4, -0.2) is 32.5 Å². The predicted molar refractivity (Wildman–Crippen MR) is 25.2 cm³/mol. The molecule has 2 aliphatic rings. The van der Waals surface area contributed by atoms with Crippen molar-refractivity contribution in [2.24, 2.45) is 0 Å². The third-order valence-corrected chi connectivity index (χ3v) is 1.15. The molecular formula is C4H6BO2. The summed E-state index contributed by atoms with van der Waals surface area (Å²) >= 11 is 0. The van der Waals surface area contributed by atoms with Crippen LogP contribution < -0.4 is 0 Å². The Balaban J connectivity index is 1.69. The van der Waals surface area contributed by atoms with Crippen LogP contribution >= 0.6 is 0 Å². The molecule has 0 aromatic rings. The maximum Gasteiger partial charge on any atom is 0.194 e. The van der Waals surface area contributed by atoms with E-state index in [9.17, 15) is 0 Å². The van der Waals surface area contributed by atoms with Gasteiger partial charge in [0.25, 0.3) is 0 Å². The molecule has 0 amide bonds. The van der Waals surface area contributed by atoms with Gasteiger partial charge in [0.2, 0.25) is 0 Å². The summed E-state index contributed by atoms with van der Waals surface area (Å²) in [5.41, 5.74) is 0. The highest BCUT2D eigenvalue weighted by atomic mass is 16.6. The Hall–Kier alpha value is -0.0151. The van der Waals surface area contributed by atoms with Crippen LogP contribution in [0.5, 0.6) is 0 Å². The fourth-order valence-electron chi connectivity index (χ4n) is 0.573. The van der Waals surface area contributed by atoms with Crippen molar-refractivity contribution in [3.05, 3.63) is 0 Å². The molecule has 0 bridgehead atoms. The first kappa shape index (κ1) is 3.92. The highest BCUT2D eigenvalue weighted by molar-refractivity contribution is 6.40. The van der Waals surface area contributed by atoms with Crippen molar-refractivity contribution in [3.8, 4) is 0 Å². The lowest BCUT2D eigenvalue weighted by Gasteiger charge is -1.76. The fraction of sp³-hybridized carbons (Fsp3) is 1.00. The van der Waals surface area contributed by atoms with Gasteiger partial charge in [0.1, 0.15) is 0 Å². The van der Waals surface area contributed by atoms with Crippen molar-refractivity contribution in [1.29, 1.82) is 0 Å². The first-order valence-corrected chi connectivity index (χ1v) is 2.53. The molecule has 1 radical (unpaired) electrons. The third kappa shape index (κ3) is 0.953. The van der Waals surface area contributed by atoms with Gasteiger partial charge in [-0.1, -0.05) is 0 Å². The largest absolute Gasteiger partial charge is 0.383 e. The third-order valence-electron chi connectivity index (χ3n) is 1.15. The monoisotopic (exact) mass is 97.0 g/mol. The first-order valence-electron chi connectivity index (χ1n) is 2.53. The average molecular weight is 96.9 g/mol. The van der Waals surface area contributed by atoms with E-state index in [0.717, 1.165) is 13.2 Å². The molecule has 2 unspecified atom stereocenters. The molecule has 2 saturated heterocycles. The van der Waals surface area contributed by atoms with Crippen LogP contribution in [0.4, 0.5) is 0 Å². The topological polar surface area (TPSA) is 25.1 Å². The second kappa shape index (κ2) is 1.23. The van der Waals surface area contributed by atoms with Gasteiger partial charge in [0.05, 0.1) is 25.2 Å². The Kier molecular flexibility index (Phi) is 0.691. The molecule has 2 fully saturated rings. The Morgan fingerprint density at radius 1 is 1.14 bits per heavy atom. The molecule has 0 spiro atoms. The van der Waals surface area contributed by atoms with Crippen LogP contribution in [0.3, 0.4) is 0 Å². The molecule has 0 aliphatic carbocycles. The summed E-state index contributed by atoms with van der Waals surface area (Å²) in [4.78, 5) is 0. The van der Waals surface area contributed by atoms with Crippen molar-refractivity contribution in [1.82, 2.24) is 0 Å². The summed E-state index contributed by atoms with van der Waals surface area (Å²) < 4.78 is 9.85. The van der Waals surface area contributed by atoms with Crippen LogP contribution in [0.25, 0.3) is 0 Å². The second-order valence-corrected chi connectivity index (χ2v) is 1.94. The van der Waals surface area contributed by atoms with E-state index in [0.29, 0.717) is 12.0 Å². The van der Waals surface area contributed by atoms with E-state index in [2.05, 4.69) is 7.28 Å². The number of rotatable bonds is 2. The maximum atomic E-state index is 4.92. The summed E-state index contributed by atoms with van der Waals surface area (Å²) in [5, 5.41) is 0. The van der Waals surface area contributed by atoms with Gasteiger partial charge in [-0.15, -0.1) is 0 Å². The summed E-state index contributed by atoms with van der Waals surface area (Å²) in [7, 11) is 2.11. The minimum Gasteiger partial charge on any atom is -0.383 e. The van der Waals surface area contributed by atoms with Gasteiger partial charge in [-0.25, -0.2) is 0 Å². The molecule has 0 N–H and O–H groups in total. The van der Waals surface area contributed by atoms with Crippen molar-refractivity contribution in [3.63, 3.8) is 0 Å². The van der Waals surface area contributed by atoms with E-state index in [1.54, 1.807) is 0 Å². The van der Waals surface area contributed by atoms with Crippen LogP contribution in [-0.2, 0) is 9.47 Å². The maximum absolute atomic E-state index is 4.92. The van der Waals surface area contributed by atoms with E-state index in [1.807, 2.05) is 0 Å². The zero-order valence-electron chi connectivity index (χ0n) is 3.96. The van der Waals surface area contributed by atoms with Gasteiger partial charge in [-0.3, -0.25) is 0 Å². The molecule has 2 atom stereocenters. The average Bonchev–Trinajstić information content (AvgIpc) is 2.33. The highest BCUT2D eigenvalue weighted by Gasteiger charge is 2.34. The smallest absolute Gasteiger partial charge is 0.194 e. The number of hydrogen-bond donors (Lipinski definition) is 0. The molecule has 7 heavy (non-hydrogen) atoms. The van der Waals surface area contributed by atoms with Gasteiger partial charge in [0.15, 0.2) is 7.28 Å². The molecule has 0 aromatic carbocycles. The normalized spacial score (nSPS) is 45.7. The Bertz CT molecular complexity index is 67.8. The van der Waals surface area contributed by atoms with Gasteiger partial charge < -0.3 is 9.47 Å². The van der Waals surface area contributed by atoms with Crippen LogP contribution in [0.2, 0.25) is 0 Å². The standard InChI is InChI=1S/C4H6BO2/c1-3(6-1)5-4-2-7-4/h3-4H,1-2H2. The van der Waals surface area contributed by atoms with Crippen molar-refractivity contribution < 1.29 is 9.47 Å². The molecule has 0 aromatic heterocycles.